The fourth-order valence-electron chi connectivity index (χ4n) is 1.35. The molecule has 0 heterocycles. The highest BCUT2D eigenvalue weighted by Gasteiger charge is 2.11. The minimum absolute atomic E-state index is 0.00323. The molecule has 0 aliphatic carbocycles. The van der Waals surface area contributed by atoms with E-state index in [2.05, 4.69) is 10.0 Å². The zero-order valence-electron chi connectivity index (χ0n) is 10.6. The van der Waals surface area contributed by atoms with Crippen molar-refractivity contribution in [3.05, 3.63) is 30.1 Å². The smallest absolute Gasteiger partial charge is 0.239 e. The Bertz CT molecular complexity index is 532. The van der Waals surface area contributed by atoms with E-state index in [9.17, 15) is 17.6 Å². The van der Waals surface area contributed by atoms with Crippen molar-refractivity contribution in [3.63, 3.8) is 0 Å². The summed E-state index contributed by atoms with van der Waals surface area (Å²) in [4.78, 5) is 11.5. The Labute approximate surface area is 112 Å². The van der Waals surface area contributed by atoms with E-state index in [1.54, 1.807) is 0 Å². The molecule has 106 valence electrons. The molecular formula is C12H17FN2O3S. The Kier molecular flexibility index (Phi) is 5.91. The van der Waals surface area contributed by atoms with E-state index in [0.717, 1.165) is 12.5 Å². The van der Waals surface area contributed by atoms with Gasteiger partial charge in [-0.05, 0) is 24.6 Å². The van der Waals surface area contributed by atoms with Gasteiger partial charge in [-0.15, -0.1) is 0 Å². The standard InChI is InChI=1S/C12H17FN2O3S/c1-2-3-7-19(17,18)14-9-12(16)15-11-6-4-5-10(13)8-11/h4-6,8,14H,2-3,7,9H2,1H3,(H,15,16). The number of carbonyl (C=O) groups excluding carboxylic acids is 1. The second kappa shape index (κ2) is 7.20. The quantitative estimate of drug-likeness (QED) is 0.798. The number of benzene rings is 1. The van der Waals surface area contributed by atoms with Gasteiger partial charge in [0.1, 0.15) is 5.82 Å². The number of amides is 1. The highest BCUT2D eigenvalue weighted by molar-refractivity contribution is 7.89. The monoisotopic (exact) mass is 288 g/mol. The van der Waals surface area contributed by atoms with Gasteiger partial charge in [-0.2, -0.15) is 0 Å². The van der Waals surface area contributed by atoms with Gasteiger partial charge in [-0.1, -0.05) is 19.4 Å². The van der Waals surface area contributed by atoms with Crippen LogP contribution in [0.15, 0.2) is 24.3 Å². The molecule has 0 aliphatic rings. The average molecular weight is 288 g/mol. The molecule has 5 nitrogen and oxygen atoms in total. The van der Waals surface area contributed by atoms with Gasteiger partial charge in [0.25, 0.3) is 0 Å². The molecule has 0 aliphatic heterocycles. The lowest BCUT2D eigenvalue weighted by atomic mass is 10.3. The van der Waals surface area contributed by atoms with Crippen LogP contribution in [0.1, 0.15) is 19.8 Å². The maximum absolute atomic E-state index is 12.9. The molecule has 19 heavy (non-hydrogen) atoms. The number of carbonyl (C=O) groups is 1. The zero-order valence-corrected chi connectivity index (χ0v) is 11.5. The molecular weight excluding hydrogens is 271 g/mol. The van der Waals surface area contributed by atoms with E-state index in [4.69, 9.17) is 0 Å². The summed E-state index contributed by atoms with van der Waals surface area (Å²) >= 11 is 0. The summed E-state index contributed by atoms with van der Waals surface area (Å²) in [6.07, 6.45) is 1.30. The van der Waals surface area contributed by atoms with E-state index in [-0.39, 0.29) is 18.0 Å². The normalized spacial score (nSPS) is 11.3. The van der Waals surface area contributed by atoms with Crippen molar-refractivity contribution in [2.24, 2.45) is 0 Å². The first-order valence-corrected chi connectivity index (χ1v) is 7.61. The molecule has 1 aromatic rings. The summed E-state index contributed by atoms with van der Waals surface area (Å²) in [5, 5.41) is 2.41. The third-order valence-electron chi connectivity index (χ3n) is 2.33. The van der Waals surface area contributed by atoms with E-state index >= 15 is 0 Å². The van der Waals surface area contributed by atoms with Gasteiger partial charge in [0.05, 0.1) is 12.3 Å². The Morgan fingerprint density at radius 3 is 2.74 bits per heavy atom. The molecule has 0 bridgehead atoms. The lowest BCUT2D eigenvalue weighted by Gasteiger charge is -2.07. The van der Waals surface area contributed by atoms with Crippen LogP contribution in [-0.2, 0) is 14.8 Å². The van der Waals surface area contributed by atoms with Gasteiger partial charge >= 0.3 is 0 Å². The molecule has 0 unspecified atom stereocenters. The van der Waals surface area contributed by atoms with Crippen molar-refractivity contribution in [1.82, 2.24) is 4.72 Å². The minimum atomic E-state index is -3.42. The van der Waals surface area contributed by atoms with Crippen LogP contribution in [0.25, 0.3) is 0 Å². The molecule has 2 N–H and O–H groups in total. The number of hydrogen-bond acceptors (Lipinski definition) is 3. The highest BCUT2D eigenvalue weighted by Crippen LogP contribution is 2.08. The van der Waals surface area contributed by atoms with Crippen LogP contribution in [0.2, 0.25) is 0 Å². The Balaban J connectivity index is 2.44. The van der Waals surface area contributed by atoms with Crippen LogP contribution < -0.4 is 10.0 Å². The number of unbranched alkanes of at least 4 members (excludes halogenated alkanes) is 1. The number of anilines is 1. The molecule has 0 radical (unpaired) electrons. The highest BCUT2D eigenvalue weighted by atomic mass is 32.2. The molecule has 1 aromatic carbocycles. The predicted molar refractivity (Wildman–Crippen MR) is 71.7 cm³/mol. The second-order valence-corrected chi connectivity index (χ2v) is 5.98. The first-order valence-electron chi connectivity index (χ1n) is 5.95. The number of rotatable bonds is 7. The van der Waals surface area contributed by atoms with E-state index in [1.807, 2.05) is 6.92 Å². The topological polar surface area (TPSA) is 75.3 Å². The molecule has 1 rings (SSSR count). The van der Waals surface area contributed by atoms with Crippen molar-refractivity contribution < 1.29 is 17.6 Å². The first kappa shape index (κ1) is 15.6. The lowest BCUT2D eigenvalue weighted by Crippen LogP contribution is -2.34. The van der Waals surface area contributed by atoms with Gasteiger partial charge in [0, 0.05) is 5.69 Å². The van der Waals surface area contributed by atoms with Gasteiger partial charge in [-0.3, -0.25) is 4.79 Å². The van der Waals surface area contributed by atoms with Crippen LogP contribution in [0.5, 0.6) is 0 Å². The van der Waals surface area contributed by atoms with Crippen LogP contribution >= 0.6 is 0 Å². The predicted octanol–water partition coefficient (Wildman–Crippen LogP) is 1.48. The fraction of sp³-hybridized carbons (Fsp3) is 0.417. The third kappa shape index (κ3) is 6.30. The average Bonchev–Trinajstić information content (AvgIpc) is 2.34. The molecule has 1 amide bonds. The number of sulfonamides is 1. The maximum Gasteiger partial charge on any atom is 0.239 e. The minimum Gasteiger partial charge on any atom is -0.325 e. The zero-order chi connectivity index (χ0) is 14.3. The largest absolute Gasteiger partial charge is 0.325 e. The summed E-state index contributed by atoms with van der Waals surface area (Å²) in [6.45, 7) is 1.52. The van der Waals surface area contributed by atoms with Crippen LogP contribution in [0.3, 0.4) is 0 Å². The van der Waals surface area contributed by atoms with Crippen LogP contribution in [0.4, 0.5) is 10.1 Å². The van der Waals surface area contributed by atoms with Crippen LogP contribution in [0, 0.1) is 5.82 Å². The molecule has 0 atom stereocenters. The lowest BCUT2D eigenvalue weighted by molar-refractivity contribution is -0.115. The molecule has 0 spiro atoms. The van der Waals surface area contributed by atoms with E-state index in [0.29, 0.717) is 6.42 Å². The number of hydrogen-bond donors (Lipinski definition) is 2. The summed E-state index contributed by atoms with van der Waals surface area (Å²) in [5.74, 6) is -1.01. The van der Waals surface area contributed by atoms with Gasteiger partial charge in [-0.25, -0.2) is 17.5 Å². The Hall–Kier alpha value is -1.47. The fourth-order valence-corrected chi connectivity index (χ4v) is 2.52. The van der Waals surface area contributed by atoms with Crippen molar-refractivity contribution in [1.29, 1.82) is 0 Å². The summed E-state index contributed by atoms with van der Waals surface area (Å²) < 4.78 is 38.0. The Morgan fingerprint density at radius 2 is 2.11 bits per heavy atom. The SMILES string of the molecule is CCCCS(=O)(=O)NCC(=O)Nc1cccc(F)c1. The summed E-state index contributed by atoms with van der Waals surface area (Å²) in [6, 6.07) is 5.38. The van der Waals surface area contributed by atoms with E-state index in [1.165, 1.54) is 18.2 Å². The van der Waals surface area contributed by atoms with Gasteiger partial charge in [0.15, 0.2) is 0 Å². The first-order chi connectivity index (χ1) is 8.93. The second-order valence-electron chi connectivity index (χ2n) is 4.05. The van der Waals surface area contributed by atoms with Gasteiger partial charge < -0.3 is 5.32 Å². The number of halogens is 1. The molecule has 0 fully saturated rings. The third-order valence-corrected chi connectivity index (χ3v) is 3.74. The summed E-state index contributed by atoms with van der Waals surface area (Å²) in [7, 11) is -3.42. The molecule has 7 heteroatoms. The number of nitrogens with one attached hydrogen (secondary N) is 2. The molecule has 0 saturated carbocycles. The van der Waals surface area contributed by atoms with Crippen molar-refractivity contribution in [2.75, 3.05) is 17.6 Å². The summed E-state index contributed by atoms with van der Waals surface area (Å²) in [5.41, 5.74) is 0.290. The molecule has 0 saturated heterocycles. The Morgan fingerprint density at radius 1 is 1.37 bits per heavy atom. The van der Waals surface area contributed by atoms with Crippen molar-refractivity contribution in [2.45, 2.75) is 19.8 Å². The van der Waals surface area contributed by atoms with Gasteiger partial charge in [0.2, 0.25) is 15.9 Å². The molecule has 0 aromatic heterocycles. The van der Waals surface area contributed by atoms with E-state index < -0.39 is 21.7 Å². The van der Waals surface area contributed by atoms with Crippen molar-refractivity contribution >= 4 is 21.6 Å². The van der Waals surface area contributed by atoms with Crippen LogP contribution in [-0.4, -0.2) is 26.6 Å². The maximum atomic E-state index is 12.9. The van der Waals surface area contributed by atoms with Crippen molar-refractivity contribution in [3.8, 4) is 0 Å².